The summed E-state index contributed by atoms with van der Waals surface area (Å²) in [6.45, 7) is 3.36. The van der Waals surface area contributed by atoms with Gasteiger partial charge in [0, 0.05) is 28.4 Å². The van der Waals surface area contributed by atoms with Crippen LogP contribution in [-0.2, 0) is 6.54 Å². The van der Waals surface area contributed by atoms with E-state index in [1.165, 1.54) is 74.2 Å². The van der Waals surface area contributed by atoms with Gasteiger partial charge in [-0.2, -0.15) is 0 Å². The zero-order valence-corrected chi connectivity index (χ0v) is 23.1. The van der Waals surface area contributed by atoms with E-state index in [0.717, 1.165) is 6.54 Å². The molecule has 0 spiro atoms. The Kier molecular flexibility index (Phi) is 7.24. The summed E-state index contributed by atoms with van der Waals surface area (Å²) in [5, 5.41) is 6.97. The number of rotatable bonds is 9. The van der Waals surface area contributed by atoms with Crippen LogP contribution in [0.2, 0.25) is 0 Å². The van der Waals surface area contributed by atoms with Crippen LogP contribution in [0.25, 0.3) is 32.9 Å². The zero-order valence-electron chi connectivity index (χ0n) is 22.1. The van der Waals surface area contributed by atoms with Crippen LogP contribution in [0.4, 0.5) is 0 Å². The maximum Gasteiger partial charge on any atom is 0.154 e. The van der Waals surface area contributed by atoms with Crippen LogP contribution in [0.1, 0.15) is 32.6 Å². The van der Waals surface area contributed by atoms with Gasteiger partial charge in [-0.3, -0.25) is 0 Å². The van der Waals surface area contributed by atoms with E-state index in [1.54, 1.807) is 0 Å². The lowest BCUT2D eigenvalue weighted by molar-refractivity contribution is 0.602. The third-order valence-electron chi connectivity index (χ3n) is 7.64. The third kappa shape index (κ3) is 4.84. The summed E-state index contributed by atoms with van der Waals surface area (Å²) in [7, 11) is -1.05. The highest BCUT2D eigenvalue weighted by Gasteiger charge is 2.19. The van der Waals surface area contributed by atoms with Crippen molar-refractivity contribution in [2.24, 2.45) is 0 Å². The fraction of sp³-hybridized carbons (Fsp3) is 0.167. The first-order valence-corrected chi connectivity index (χ1v) is 15.4. The molecule has 0 saturated heterocycles. The van der Waals surface area contributed by atoms with Crippen molar-refractivity contribution < 1.29 is 0 Å². The molecule has 38 heavy (non-hydrogen) atoms. The Hall–Kier alpha value is -3.88. The van der Waals surface area contributed by atoms with E-state index in [9.17, 15) is 0 Å². The highest BCUT2D eigenvalue weighted by atomic mass is 28.3. The van der Waals surface area contributed by atoms with Gasteiger partial charge in [0.05, 0.1) is 0 Å². The molecule has 1 heterocycles. The third-order valence-corrected chi connectivity index (χ3v) is 10.4. The van der Waals surface area contributed by atoms with Gasteiger partial charge in [0.2, 0.25) is 0 Å². The first kappa shape index (κ1) is 24.5. The average Bonchev–Trinajstić information content (AvgIpc) is 3.30. The van der Waals surface area contributed by atoms with Gasteiger partial charge in [0.25, 0.3) is 0 Å². The quantitative estimate of drug-likeness (QED) is 0.108. The molecule has 0 aliphatic carbocycles. The standard InChI is InChI=1S/C36H34NSi/c1-2-3-4-13-26-37-35-19-12-11-18-33(35)34-27-29(22-25-36(34)37)28-20-23-32(24-21-28)38(30-14-7-5-8-15-30)31-16-9-6-10-17-31/h5-12,14-25,27H,2-4,13,26H2,1H3. The van der Waals surface area contributed by atoms with Crippen molar-refractivity contribution >= 4 is 46.2 Å². The largest absolute Gasteiger partial charge is 0.340 e. The molecule has 0 aliphatic heterocycles. The molecular weight excluding hydrogens is 474 g/mol. The fourth-order valence-electron chi connectivity index (χ4n) is 5.71. The molecule has 187 valence electrons. The van der Waals surface area contributed by atoms with Crippen molar-refractivity contribution in [1.29, 1.82) is 0 Å². The number of nitrogens with zero attached hydrogens (tertiary/aromatic N) is 1. The summed E-state index contributed by atoms with van der Waals surface area (Å²) in [6.07, 6.45) is 5.12. The predicted molar refractivity (Wildman–Crippen MR) is 167 cm³/mol. The van der Waals surface area contributed by atoms with Crippen molar-refractivity contribution in [3.05, 3.63) is 127 Å². The Labute approximate surface area is 228 Å². The summed E-state index contributed by atoms with van der Waals surface area (Å²) in [5.41, 5.74) is 5.26. The normalized spacial score (nSPS) is 11.5. The Morgan fingerprint density at radius 1 is 0.500 bits per heavy atom. The van der Waals surface area contributed by atoms with Crippen LogP contribution in [0, 0.1) is 0 Å². The number of hydrogen-bond donors (Lipinski definition) is 0. The zero-order chi connectivity index (χ0) is 25.7. The van der Waals surface area contributed by atoms with Crippen molar-refractivity contribution in [3.8, 4) is 11.1 Å². The molecule has 0 fully saturated rings. The number of para-hydroxylation sites is 1. The van der Waals surface area contributed by atoms with Crippen LogP contribution < -0.4 is 15.6 Å². The molecule has 0 atom stereocenters. The molecule has 0 saturated carbocycles. The van der Waals surface area contributed by atoms with Crippen LogP contribution >= 0.6 is 0 Å². The molecule has 1 radical (unpaired) electrons. The number of benzene rings is 5. The average molecular weight is 509 g/mol. The molecule has 0 aliphatic rings. The summed E-state index contributed by atoms with van der Waals surface area (Å²) < 4.78 is 2.53. The van der Waals surface area contributed by atoms with Gasteiger partial charge in [-0.1, -0.05) is 151 Å². The predicted octanol–water partition coefficient (Wildman–Crippen LogP) is 7.56. The first-order valence-electron chi connectivity index (χ1n) is 13.9. The summed E-state index contributed by atoms with van der Waals surface area (Å²) in [4.78, 5) is 0. The van der Waals surface area contributed by atoms with E-state index in [0.29, 0.717) is 0 Å². The van der Waals surface area contributed by atoms with E-state index in [4.69, 9.17) is 0 Å². The maximum absolute atomic E-state index is 2.53. The molecule has 6 rings (SSSR count). The minimum absolute atomic E-state index is 1.05. The van der Waals surface area contributed by atoms with Crippen molar-refractivity contribution in [1.82, 2.24) is 4.57 Å². The number of aromatic nitrogens is 1. The highest BCUT2D eigenvalue weighted by Crippen LogP contribution is 2.33. The van der Waals surface area contributed by atoms with E-state index in [2.05, 4.69) is 139 Å². The van der Waals surface area contributed by atoms with Crippen LogP contribution in [-0.4, -0.2) is 13.4 Å². The fourth-order valence-corrected chi connectivity index (χ4v) is 8.26. The minimum Gasteiger partial charge on any atom is -0.340 e. The molecule has 1 aromatic heterocycles. The number of fused-ring (bicyclic) bond motifs is 3. The summed E-state index contributed by atoms with van der Waals surface area (Å²) in [6, 6.07) is 47.2. The van der Waals surface area contributed by atoms with Crippen molar-refractivity contribution in [2.45, 2.75) is 39.2 Å². The van der Waals surface area contributed by atoms with E-state index in [1.807, 2.05) is 0 Å². The highest BCUT2D eigenvalue weighted by molar-refractivity contribution is 6.95. The lowest BCUT2D eigenvalue weighted by Gasteiger charge is -2.17. The van der Waals surface area contributed by atoms with Crippen molar-refractivity contribution in [3.63, 3.8) is 0 Å². The Balaban J connectivity index is 1.36. The second kappa shape index (κ2) is 11.2. The second-order valence-electron chi connectivity index (χ2n) is 10.1. The molecule has 0 amide bonds. The van der Waals surface area contributed by atoms with Crippen LogP contribution in [0.5, 0.6) is 0 Å². The molecular formula is C36H34NSi. The van der Waals surface area contributed by atoms with Gasteiger partial charge < -0.3 is 4.57 Å². The van der Waals surface area contributed by atoms with Gasteiger partial charge in [-0.25, -0.2) is 0 Å². The minimum atomic E-state index is -1.05. The second-order valence-corrected chi connectivity index (χ2v) is 12.6. The van der Waals surface area contributed by atoms with Gasteiger partial charge >= 0.3 is 0 Å². The van der Waals surface area contributed by atoms with Crippen LogP contribution in [0.15, 0.2) is 127 Å². The number of aryl methyl sites for hydroxylation is 1. The van der Waals surface area contributed by atoms with E-state index in [-0.39, 0.29) is 0 Å². The molecule has 0 N–H and O–H groups in total. The topological polar surface area (TPSA) is 4.93 Å². The van der Waals surface area contributed by atoms with Gasteiger partial charge in [-0.05, 0) is 35.7 Å². The lowest BCUT2D eigenvalue weighted by Crippen LogP contribution is -2.51. The SMILES string of the molecule is CCCCCCn1c2ccccc2c2cc(-c3ccc([Si](c4ccccc4)c4ccccc4)cc3)ccc21. The first-order chi connectivity index (χ1) is 18.8. The maximum atomic E-state index is 2.53. The Bertz CT molecular complexity index is 1590. The number of unbranched alkanes of at least 4 members (excludes halogenated alkanes) is 3. The molecule has 2 heteroatoms. The van der Waals surface area contributed by atoms with Gasteiger partial charge in [-0.15, -0.1) is 0 Å². The molecule has 1 nitrogen and oxygen atoms in total. The smallest absolute Gasteiger partial charge is 0.154 e. The summed E-state index contributed by atoms with van der Waals surface area (Å²) >= 11 is 0. The Morgan fingerprint density at radius 2 is 1.08 bits per heavy atom. The molecule has 5 aromatic carbocycles. The van der Waals surface area contributed by atoms with Gasteiger partial charge in [0.15, 0.2) is 8.80 Å². The molecule has 0 bridgehead atoms. The Morgan fingerprint density at radius 3 is 1.76 bits per heavy atom. The lowest BCUT2D eigenvalue weighted by atomic mass is 10.0. The number of hydrogen-bond acceptors (Lipinski definition) is 0. The molecule has 6 aromatic rings. The van der Waals surface area contributed by atoms with E-state index < -0.39 is 8.80 Å². The molecule has 0 unspecified atom stereocenters. The van der Waals surface area contributed by atoms with Gasteiger partial charge in [0.1, 0.15) is 0 Å². The monoisotopic (exact) mass is 508 g/mol. The van der Waals surface area contributed by atoms with E-state index >= 15 is 0 Å². The summed E-state index contributed by atoms with van der Waals surface area (Å²) in [5.74, 6) is 0. The van der Waals surface area contributed by atoms with Crippen molar-refractivity contribution in [2.75, 3.05) is 0 Å². The van der Waals surface area contributed by atoms with Crippen LogP contribution in [0.3, 0.4) is 0 Å².